The molecule has 10 heterocycles. The maximum atomic E-state index is 13.5. The number of aromatic nitrogens is 10. The van der Waals surface area contributed by atoms with Gasteiger partial charge in [0, 0.05) is 116 Å². The molecular weight excluding hydrogens is 1040 g/mol. The van der Waals surface area contributed by atoms with Crippen LogP contribution in [0, 0.1) is 13.8 Å². The van der Waals surface area contributed by atoms with E-state index >= 15 is 0 Å². The highest BCUT2D eigenvalue weighted by atomic mass is 32.1. The van der Waals surface area contributed by atoms with Crippen molar-refractivity contribution in [2.45, 2.75) is 87.0 Å². The van der Waals surface area contributed by atoms with E-state index in [9.17, 15) is 9.59 Å². The summed E-state index contributed by atoms with van der Waals surface area (Å²) < 4.78 is 22.8. The van der Waals surface area contributed by atoms with E-state index in [4.69, 9.17) is 29.2 Å². The Balaban J connectivity index is 0.000000193. The first kappa shape index (κ1) is 56.3. The van der Waals surface area contributed by atoms with E-state index in [2.05, 4.69) is 72.5 Å². The summed E-state index contributed by atoms with van der Waals surface area (Å²) in [6.45, 7) is 30.6. The molecule has 24 heteroatoms. The Labute approximate surface area is 465 Å². The van der Waals surface area contributed by atoms with Crippen LogP contribution in [-0.4, -0.2) is 174 Å². The monoisotopic (exact) mass is 1120 g/mol. The third-order valence-corrected chi connectivity index (χ3v) is 17.6. The first-order valence-electron chi connectivity index (χ1n) is 27.0. The molecular formula is C54H74N16O5S2Si. The normalized spacial score (nSPS) is 14.5. The van der Waals surface area contributed by atoms with E-state index in [1.165, 1.54) is 22.7 Å². The molecule has 2 saturated heterocycles. The number of amides is 2. The van der Waals surface area contributed by atoms with Crippen molar-refractivity contribution in [1.82, 2.24) is 68.3 Å². The molecule has 8 aromatic heterocycles. The molecule has 0 radical (unpaired) electrons. The molecule has 10 rings (SSSR count). The van der Waals surface area contributed by atoms with Crippen LogP contribution in [0.2, 0.25) is 25.7 Å². The topological polar surface area (TPSA) is 206 Å². The minimum atomic E-state index is -1.13. The summed E-state index contributed by atoms with van der Waals surface area (Å²) in [5.41, 5.74) is 8.94. The van der Waals surface area contributed by atoms with Crippen LogP contribution >= 0.6 is 22.7 Å². The highest BCUT2D eigenvalue weighted by Gasteiger charge is 2.26. The average molecular weight is 1120 g/mol. The Bertz CT molecular complexity index is 3270. The quantitative estimate of drug-likeness (QED) is 0.0454. The average Bonchev–Trinajstić information content (AvgIpc) is 4.38. The standard InChI is InChI=1S/C30H44N8O3SSi.C24H30N8O2S/c1-7-36(8-2)30(39)27-23(19-35-9-11-40-12-10-35)15-26(42-27)34-28-29-31-17-25(38(29)18-22(3)33-28)24-16-32-37(20-24)21-41-13-14-43(4,5)6;1-4-31(5-2)24(33)21-17(15-30-6-8-34-9-7-30)10-20(35-21)29-22-23-25-13-19(18-11-26-27-12-18)32(23)14-16(3)28-22/h15-18,20H,7-14,19,21H2,1-6H3,(H,33,34);10-14H,4-9,15H2,1-3H3,(H,26,27)(H,28,29). The summed E-state index contributed by atoms with van der Waals surface area (Å²) >= 11 is 2.96. The lowest BCUT2D eigenvalue weighted by Crippen LogP contribution is -2.36. The van der Waals surface area contributed by atoms with Gasteiger partial charge in [-0.15, -0.1) is 22.7 Å². The summed E-state index contributed by atoms with van der Waals surface area (Å²) in [6.07, 6.45) is 15.1. The number of hydrogen-bond donors (Lipinski definition) is 3. The first-order chi connectivity index (χ1) is 37.7. The largest absolute Gasteiger partial charge is 0.379 e. The summed E-state index contributed by atoms with van der Waals surface area (Å²) in [4.78, 5) is 55.7. The summed E-state index contributed by atoms with van der Waals surface area (Å²) in [7, 11) is -1.13. The van der Waals surface area contributed by atoms with Gasteiger partial charge in [-0.1, -0.05) is 19.6 Å². The third kappa shape index (κ3) is 13.5. The molecule has 0 bridgehead atoms. The zero-order valence-corrected chi connectivity index (χ0v) is 49.1. The number of rotatable bonds is 21. The van der Waals surface area contributed by atoms with E-state index < -0.39 is 8.07 Å². The number of carbonyl (C=O) groups is 2. The van der Waals surface area contributed by atoms with Gasteiger partial charge in [-0.05, 0) is 70.8 Å². The molecule has 0 saturated carbocycles. The van der Waals surface area contributed by atoms with Gasteiger partial charge in [-0.2, -0.15) is 10.2 Å². The van der Waals surface area contributed by atoms with Gasteiger partial charge in [0.1, 0.15) is 6.73 Å². The van der Waals surface area contributed by atoms with Crippen LogP contribution in [0.4, 0.5) is 21.6 Å². The van der Waals surface area contributed by atoms with Gasteiger partial charge < -0.3 is 34.6 Å². The molecule has 2 aliphatic heterocycles. The van der Waals surface area contributed by atoms with E-state index in [-0.39, 0.29) is 11.8 Å². The zero-order valence-electron chi connectivity index (χ0n) is 46.5. The molecule has 0 unspecified atom stereocenters. The molecule has 0 spiro atoms. The fourth-order valence-corrected chi connectivity index (χ4v) is 12.3. The minimum absolute atomic E-state index is 0.0678. The Morgan fingerprint density at radius 1 is 0.692 bits per heavy atom. The predicted molar refractivity (Wildman–Crippen MR) is 310 cm³/mol. The van der Waals surface area contributed by atoms with E-state index in [1.807, 2.05) is 108 Å². The predicted octanol–water partition coefficient (Wildman–Crippen LogP) is 8.88. The van der Waals surface area contributed by atoms with Crippen LogP contribution in [0.25, 0.3) is 33.8 Å². The summed E-state index contributed by atoms with van der Waals surface area (Å²) in [5, 5.41) is 20.1. The lowest BCUT2D eigenvalue weighted by atomic mass is 10.2. The van der Waals surface area contributed by atoms with Crippen LogP contribution < -0.4 is 10.6 Å². The number of H-pyrrole nitrogens is 1. The van der Waals surface area contributed by atoms with E-state index in [1.54, 1.807) is 6.20 Å². The smallest absolute Gasteiger partial charge is 0.264 e. The van der Waals surface area contributed by atoms with Gasteiger partial charge in [0.2, 0.25) is 0 Å². The SMILES string of the molecule is CCN(CC)C(=O)c1sc(Nc2nc(C)cn3c(-c4cn[nH]c4)cnc23)cc1CN1CCOCC1.CCN(CC)C(=O)c1sc(Nc2nc(C)cn3c(-c4cnn(COCC[Si](C)(C)C)c4)cnc23)cc1CN1CCOCC1. The fraction of sp³-hybridized carbons (Fsp3) is 0.481. The van der Waals surface area contributed by atoms with Gasteiger partial charge in [0.25, 0.3) is 11.8 Å². The van der Waals surface area contributed by atoms with E-state index in [0.717, 1.165) is 117 Å². The number of nitrogens with zero attached hydrogens (tertiary/aromatic N) is 13. The van der Waals surface area contributed by atoms with Crippen molar-refractivity contribution in [3.63, 3.8) is 0 Å². The van der Waals surface area contributed by atoms with Gasteiger partial charge in [-0.3, -0.25) is 33.3 Å². The Morgan fingerprint density at radius 3 is 1.63 bits per heavy atom. The highest BCUT2D eigenvalue weighted by molar-refractivity contribution is 7.18. The number of aryl methyl sites for hydroxylation is 2. The van der Waals surface area contributed by atoms with Crippen LogP contribution in [0.1, 0.15) is 69.6 Å². The number of carbonyl (C=O) groups excluding carboxylic acids is 2. The van der Waals surface area contributed by atoms with Crippen LogP contribution in [-0.2, 0) is 34.0 Å². The molecule has 2 amide bonds. The zero-order chi connectivity index (χ0) is 54.9. The van der Waals surface area contributed by atoms with Crippen molar-refractivity contribution in [2.75, 3.05) is 96.0 Å². The Morgan fingerprint density at radius 2 is 1.18 bits per heavy atom. The summed E-state index contributed by atoms with van der Waals surface area (Å²) in [6, 6.07) is 5.30. The van der Waals surface area contributed by atoms with Crippen molar-refractivity contribution < 1.29 is 23.8 Å². The van der Waals surface area contributed by atoms with Crippen LogP contribution in [0.5, 0.6) is 0 Å². The number of anilines is 4. The van der Waals surface area contributed by atoms with Gasteiger partial charge in [-0.25, -0.2) is 24.6 Å². The van der Waals surface area contributed by atoms with Crippen molar-refractivity contribution in [3.05, 3.63) is 94.0 Å². The Hall–Kier alpha value is -6.38. The molecule has 0 aromatic carbocycles. The van der Waals surface area contributed by atoms with Gasteiger partial charge in [0.05, 0.1) is 93.7 Å². The van der Waals surface area contributed by atoms with Crippen molar-refractivity contribution in [2.24, 2.45) is 0 Å². The molecule has 0 atom stereocenters. The van der Waals surface area contributed by atoms with Crippen LogP contribution in [0.3, 0.4) is 0 Å². The number of imidazole rings is 2. The number of thiophene rings is 2. The van der Waals surface area contributed by atoms with Crippen LogP contribution in [0.15, 0.2) is 61.7 Å². The molecule has 8 aromatic rings. The second-order valence-electron chi connectivity index (χ2n) is 20.7. The number of aromatic amines is 1. The molecule has 416 valence electrons. The second kappa shape index (κ2) is 25.6. The minimum Gasteiger partial charge on any atom is -0.379 e. The number of morpholine rings is 2. The number of ether oxygens (including phenoxy) is 3. The van der Waals surface area contributed by atoms with Crippen molar-refractivity contribution in [1.29, 1.82) is 0 Å². The van der Waals surface area contributed by atoms with Crippen molar-refractivity contribution >= 4 is 75.5 Å². The summed E-state index contributed by atoms with van der Waals surface area (Å²) in [5.74, 6) is 1.44. The lowest BCUT2D eigenvalue weighted by Gasteiger charge is -2.27. The maximum Gasteiger partial charge on any atom is 0.264 e. The molecule has 2 fully saturated rings. The molecule has 3 N–H and O–H groups in total. The highest BCUT2D eigenvalue weighted by Crippen LogP contribution is 2.36. The number of fused-ring (bicyclic) bond motifs is 2. The molecule has 2 aliphatic rings. The van der Waals surface area contributed by atoms with Crippen molar-refractivity contribution in [3.8, 4) is 22.5 Å². The molecule has 78 heavy (non-hydrogen) atoms. The van der Waals surface area contributed by atoms with Gasteiger partial charge >= 0.3 is 0 Å². The maximum absolute atomic E-state index is 13.5. The Kier molecular flexibility index (Phi) is 18.5. The first-order valence-corrected chi connectivity index (χ1v) is 32.3. The van der Waals surface area contributed by atoms with E-state index in [0.29, 0.717) is 82.1 Å². The molecule has 0 aliphatic carbocycles. The second-order valence-corrected chi connectivity index (χ2v) is 28.4. The lowest BCUT2D eigenvalue weighted by molar-refractivity contribution is 0.0340. The number of hydrogen-bond acceptors (Lipinski definition) is 17. The third-order valence-electron chi connectivity index (χ3n) is 13.8. The fourth-order valence-electron chi connectivity index (χ4n) is 9.43. The number of nitrogens with one attached hydrogen (secondary N) is 3. The molecule has 21 nitrogen and oxygen atoms in total. The van der Waals surface area contributed by atoms with Gasteiger partial charge in [0.15, 0.2) is 22.9 Å².